The summed E-state index contributed by atoms with van der Waals surface area (Å²) in [6.07, 6.45) is -10.3. The van der Waals surface area contributed by atoms with Crippen LogP contribution in [0.5, 0.6) is 0 Å². The van der Waals surface area contributed by atoms with Crippen molar-refractivity contribution in [1.29, 1.82) is 5.26 Å². The molecular weight excluding hydrogens is 488 g/mol. The summed E-state index contributed by atoms with van der Waals surface area (Å²) in [5.74, 6) is 0. The van der Waals surface area contributed by atoms with Gasteiger partial charge in [-0.05, 0) is 74.2 Å². The number of nitriles is 1. The average molecular weight is 513 g/mol. The molecule has 0 aliphatic carbocycles. The number of amides is 1. The van der Waals surface area contributed by atoms with E-state index in [1.54, 1.807) is 32.9 Å². The zero-order chi connectivity index (χ0) is 27.0. The van der Waals surface area contributed by atoms with Crippen LogP contribution in [0.4, 0.5) is 42.5 Å². The predicted molar refractivity (Wildman–Crippen MR) is 122 cm³/mol. The van der Waals surface area contributed by atoms with Gasteiger partial charge in [0, 0.05) is 6.54 Å². The second kappa shape index (κ2) is 9.91. The van der Waals surface area contributed by atoms with Gasteiger partial charge in [0.05, 0.1) is 41.2 Å². The molecule has 0 aromatic heterocycles. The second-order valence-corrected chi connectivity index (χ2v) is 8.58. The molecule has 0 N–H and O–H groups in total. The standard InChI is InChI=1S/C25H25F6N3O2/c1-5-19-13-33(20-7-14(3)15(4)8-21(20)34(19)23(35)36-6-2)22(12-32)16-9-17(24(26,27)28)11-18(10-16)25(29,30)31/h7-11,19,22H,5-6,13H2,1-4H3/t19-,22-/m1/s1. The number of fused-ring (bicyclic) bond motifs is 1. The average Bonchev–Trinajstić information content (AvgIpc) is 2.79. The van der Waals surface area contributed by atoms with Crippen LogP contribution in [0.1, 0.15) is 54.1 Å². The minimum atomic E-state index is -5.05. The van der Waals surface area contributed by atoms with E-state index in [4.69, 9.17) is 4.74 Å². The molecule has 2 atom stereocenters. The lowest BCUT2D eigenvalue weighted by molar-refractivity contribution is -0.143. The van der Waals surface area contributed by atoms with Crippen molar-refractivity contribution < 1.29 is 35.9 Å². The van der Waals surface area contributed by atoms with Crippen LogP contribution in [0.3, 0.4) is 0 Å². The van der Waals surface area contributed by atoms with Crippen molar-refractivity contribution in [3.63, 3.8) is 0 Å². The summed E-state index contributed by atoms with van der Waals surface area (Å²) < 4.78 is 86.1. The summed E-state index contributed by atoms with van der Waals surface area (Å²) in [6.45, 7) is 7.13. The van der Waals surface area contributed by atoms with Crippen LogP contribution in [0.25, 0.3) is 0 Å². The van der Waals surface area contributed by atoms with Gasteiger partial charge in [0.15, 0.2) is 0 Å². The van der Waals surface area contributed by atoms with Crippen molar-refractivity contribution in [3.05, 3.63) is 58.1 Å². The van der Waals surface area contributed by atoms with Gasteiger partial charge in [-0.15, -0.1) is 0 Å². The molecule has 0 saturated heterocycles. The quantitative estimate of drug-likeness (QED) is 0.407. The van der Waals surface area contributed by atoms with E-state index in [0.717, 1.165) is 11.1 Å². The van der Waals surface area contributed by atoms with Gasteiger partial charge >= 0.3 is 18.4 Å². The Balaban J connectivity index is 2.24. The molecule has 1 aliphatic heterocycles. The van der Waals surface area contributed by atoms with Crippen molar-refractivity contribution in [2.24, 2.45) is 0 Å². The van der Waals surface area contributed by atoms with Crippen molar-refractivity contribution in [2.75, 3.05) is 23.0 Å². The molecule has 2 aromatic carbocycles. The number of aryl methyl sites for hydroxylation is 2. The highest BCUT2D eigenvalue weighted by Crippen LogP contribution is 2.44. The van der Waals surface area contributed by atoms with E-state index in [2.05, 4.69) is 0 Å². The van der Waals surface area contributed by atoms with E-state index in [9.17, 15) is 36.4 Å². The maximum Gasteiger partial charge on any atom is 0.416 e. The van der Waals surface area contributed by atoms with Crippen LogP contribution in [-0.4, -0.2) is 25.3 Å². The van der Waals surface area contributed by atoms with Gasteiger partial charge in [0.2, 0.25) is 0 Å². The van der Waals surface area contributed by atoms with Crippen molar-refractivity contribution in [3.8, 4) is 6.07 Å². The molecule has 2 aromatic rings. The summed E-state index contributed by atoms with van der Waals surface area (Å²) in [6, 6.07) is 4.43. The van der Waals surface area contributed by atoms with E-state index in [-0.39, 0.29) is 19.2 Å². The maximum atomic E-state index is 13.5. The fraction of sp³-hybridized carbons (Fsp3) is 0.440. The largest absolute Gasteiger partial charge is 0.449 e. The topological polar surface area (TPSA) is 56.6 Å². The number of benzene rings is 2. The number of hydrogen-bond acceptors (Lipinski definition) is 4. The van der Waals surface area contributed by atoms with E-state index in [1.165, 1.54) is 9.80 Å². The molecule has 194 valence electrons. The number of halogens is 6. The predicted octanol–water partition coefficient (Wildman–Crippen LogP) is 7.17. The van der Waals surface area contributed by atoms with Gasteiger partial charge in [0.25, 0.3) is 0 Å². The molecule has 0 spiro atoms. The maximum absolute atomic E-state index is 13.5. The monoisotopic (exact) mass is 513 g/mol. The molecule has 0 saturated carbocycles. The Morgan fingerprint density at radius 3 is 1.97 bits per heavy atom. The molecule has 36 heavy (non-hydrogen) atoms. The molecule has 0 bridgehead atoms. The summed E-state index contributed by atoms with van der Waals surface area (Å²) in [7, 11) is 0. The Labute approximate surface area is 204 Å². The van der Waals surface area contributed by atoms with Crippen LogP contribution in [0, 0.1) is 25.2 Å². The zero-order valence-corrected chi connectivity index (χ0v) is 20.1. The smallest absolute Gasteiger partial charge is 0.416 e. The molecular formula is C25H25F6N3O2. The molecule has 5 nitrogen and oxygen atoms in total. The van der Waals surface area contributed by atoms with Gasteiger partial charge in [-0.25, -0.2) is 4.79 Å². The Morgan fingerprint density at radius 2 is 1.53 bits per heavy atom. The summed E-state index contributed by atoms with van der Waals surface area (Å²) in [4.78, 5) is 15.7. The molecule has 0 radical (unpaired) electrons. The number of carbonyl (C=O) groups is 1. The van der Waals surface area contributed by atoms with Gasteiger partial charge in [-0.2, -0.15) is 31.6 Å². The highest BCUT2D eigenvalue weighted by atomic mass is 19.4. The van der Waals surface area contributed by atoms with Crippen molar-refractivity contribution >= 4 is 17.5 Å². The van der Waals surface area contributed by atoms with E-state index < -0.39 is 47.2 Å². The van der Waals surface area contributed by atoms with Gasteiger partial charge in [-0.1, -0.05) is 6.92 Å². The first-order chi connectivity index (χ1) is 16.7. The Kier molecular flexibility index (Phi) is 7.48. The van der Waals surface area contributed by atoms with Crippen molar-refractivity contribution in [2.45, 2.75) is 58.6 Å². The van der Waals surface area contributed by atoms with Gasteiger partial charge < -0.3 is 9.64 Å². The number of ether oxygens (including phenoxy) is 1. The first kappa shape index (κ1) is 27.2. The van der Waals surface area contributed by atoms with Crippen LogP contribution < -0.4 is 9.80 Å². The first-order valence-electron chi connectivity index (χ1n) is 11.3. The van der Waals surface area contributed by atoms with Crippen LogP contribution >= 0.6 is 0 Å². The number of alkyl halides is 6. The van der Waals surface area contributed by atoms with E-state index in [1.807, 2.05) is 13.0 Å². The van der Waals surface area contributed by atoms with Crippen molar-refractivity contribution in [1.82, 2.24) is 0 Å². The minimum absolute atomic E-state index is 0.000634. The third-order valence-corrected chi connectivity index (χ3v) is 6.23. The van der Waals surface area contributed by atoms with E-state index >= 15 is 0 Å². The molecule has 0 fully saturated rings. The highest BCUT2D eigenvalue weighted by Gasteiger charge is 2.41. The molecule has 1 heterocycles. The third kappa shape index (κ3) is 5.22. The molecule has 0 unspecified atom stereocenters. The van der Waals surface area contributed by atoms with Gasteiger partial charge in [0.1, 0.15) is 6.04 Å². The fourth-order valence-electron chi connectivity index (χ4n) is 4.27. The van der Waals surface area contributed by atoms with Crippen LogP contribution in [-0.2, 0) is 17.1 Å². The number of rotatable bonds is 4. The number of anilines is 2. The summed E-state index contributed by atoms with van der Waals surface area (Å²) in [5.41, 5.74) is -1.13. The number of nitrogens with zero attached hydrogens (tertiary/aromatic N) is 3. The zero-order valence-electron chi connectivity index (χ0n) is 20.1. The molecule has 1 aliphatic rings. The normalized spacial score (nSPS) is 16.9. The SMILES string of the molecule is CCOC(=O)N1c2cc(C)c(C)cc2N([C@H](C#N)c2cc(C(F)(F)F)cc(C(F)(F)F)c2)C[C@H]1CC. The Hall–Kier alpha value is -3.42. The fourth-order valence-corrected chi connectivity index (χ4v) is 4.27. The Morgan fingerprint density at radius 1 is 1.00 bits per heavy atom. The second-order valence-electron chi connectivity index (χ2n) is 8.58. The summed E-state index contributed by atoms with van der Waals surface area (Å²) >= 11 is 0. The van der Waals surface area contributed by atoms with Gasteiger partial charge in [-0.3, -0.25) is 4.90 Å². The molecule has 11 heteroatoms. The minimum Gasteiger partial charge on any atom is -0.449 e. The lowest BCUT2D eigenvalue weighted by Crippen LogP contribution is -2.52. The Bertz CT molecular complexity index is 1150. The number of carbonyl (C=O) groups excluding carboxylic acids is 1. The lowest BCUT2D eigenvalue weighted by atomic mass is 9.95. The highest BCUT2D eigenvalue weighted by molar-refractivity contribution is 5.95. The van der Waals surface area contributed by atoms with E-state index in [0.29, 0.717) is 29.9 Å². The third-order valence-electron chi connectivity index (χ3n) is 6.23. The van der Waals surface area contributed by atoms with Crippen LogP contribution in [0.2, 0.25) is 0 Å². The van der Waals surface area contributed by atoms with Crippen LogP contribution in [0.15, 0.2) is 30.3 Å². The lowest BCUT2D eigenvalue weighted by Gasteiger charge is -2.44. The molecule has 1 amide bonds. The number of hydrogen-bond donors (Lipinski definition) is 0. The molecule has 3 rings (SSSR count). The first-order valence-corrected chi connectivity index (χ1v) is 11.3. The summed E-state index contributed by atoms with van der Waals surface area (Å²) in [5, 5.41) is 10.0.